The van der Waals surface area contributed by atoms with Crippen molar-refractivity contribution in [3.05, 3.63) is 34.9 Å². The zero-order valence-corrected chi connectivity index (χ0v) is 15.6. The fourth-order valence-electron chi connectivity index (χ4n) is 2.08. The Morgan fingerprint density at radius 2 is 1.80 bits per heavy atom. The van der Waals surface area contributed by atoms with E-state index in [1.165, 1.54) is 0 Å². The van der Waals surface area contributed by atoms with Gasteiger partial charge in [-0.25, -0.2) is 4.79 Å². The van der Waals surface area contributed by atoms with Gasteiger partial charge in [-0.3, -0.25) is 9.59 Å². The quantitative estimate of drug-likeness (QED) is 0.656. The van der Waals surface area contributed by atoms with Crippen molar-refractivity contribution in [3.8, 4) is 0 Å². The Kier molecular flexibility index (Phi) is 8.99. The van der Waals surface area contributed by atoms with E-state index in [-0.39, 0.29) is 18.4 Å². The van der Waals surface area contributed by atoms with Gasteiger partial charge in [0.25, 0.3) is 11.8 Å². The third kappa shape index (κ3) is 8.03. The molecule has 6 nitrogen and oxygen atoms in total. The number of ether oxygens (including phenoxy) is 1. The number of amides is 2. The molecule has 0 saturated heterocycles. The smallest absolute Gasteiger partial charge is 0.329 e. The van der Waals surface area contributed by atoms with Gasteiger partial charge in [0.05, 0.1) is 0 Å². The molecule has 138 valence electrons. The highest BCUT2D eigenvalue weighted by Gasteiger charge is 2.24. The first-order valence-corrected chi connectivity index (χ1v) is 8.71. The SMILES string of the molecule is CCCNC(=O)COC(=O)[C@H](CC(C)C)NC(=O)c1ccc(Cl)cc1. The van der Waals surface area contributed by atoms with E-state index in [1.54, 1.807) is 24.3 Å². The third-order valence-corrected chi connectivity index (χ3v) is 3.57. The standard InChI is InChI=1S/C18H25ClN2O4/c1-4-9-20-16(22)11-25-18(24)15(10-12(2)3)21-17(23)13-5-7-14(19)8-6-13/h5-8,12,15H,4,9-11H2,1-3H3,(H,20,22)(H,21,23)/t15-/m0/s1. The molecule has 0 bridgehead atoms. The maximum atomic E-state index is 12.3. The van der Waals surface area contributed by atoms with Crippen molar-refractivity contribution in [1.29, 1.82) is 0 Å². The second-order valence-corrected chi connectivity index (χ2v) is 6.56. The topological polar surface area (TPSA) is 84.5 Å². The van der Waals surface area contributed by atoms with Crippen LogP contribution >= 0.6 is 11.6 Å². The van der Waals surface area contributed by atoms with Crippen molar-refractivity contribution >= 4 is 29.4 Å². The molecular weight excluding hydrogens is 344 g/mol. The number of halogens is 1. The average Bonchev–Trinajstić information content (AvgIpc) is 2.57. The van der Waals surface area contributed by atoms with E-state index in [1.807, 2.05) is 20.8 Å². The van der Waals surface area contributed by atoms with Gasteiger partial charge in [-0.1, -0.05) is 32.4 Å². The highest BCUT2D eigenvalue weighted by Crippen LogP contribution is 2.11. The molecule has 0 radical (unpaired) electrons. The second-order valence-electron chi connectivity index (χ2n) is 6.12. The molecule has 2 N–H and O–H groups in total. The lowest BCUT2D eigenvalue weighted by atomic mass is 10.0. The molecular formula is C18H25ClN2O4. The zero-order chi connectivity index (χ0) is 18.8. The van der Waals surface area contributed by atoms with Crippen molar-refractivity contribution in [1.82, 2.24) is 10.6 Å². The summed E-state index contributed by atoms with van der Waals surface area (Å²) in [4.78, 5) is 36.1. The lowest BCUT2D eigenvalue weighted by Gasteiger charge is -2.19. The Morgan fingerprint density at radius 1 is 1.16 bits per heavy atom. The van der Waals surface area contributed by atoms with Gasteiger partial charge in [-0.15, -0.1) is 0 Å². The van der Waals surface area contributed by atoms with Gasteiger partial charge in [-0.2, -0.15) is 0 Å². The van der Waals surface area contributed by atoms with Crippen LogP contribution in [-0.2, 0) is 14.3 Å². The van der Waals surface area contributed by atoms with Gasteiger partial charge in [-0.05, 0) is 43.0 Å². The van der Waals surface area contributed by atoms with E-state index in [0.717, 1.165) is 6.42 Å². The van der Waals surface area contributed by atoms with Crippen LogP contribution in [0.2, 0.25) is 5.02 Å². The number of carbonyl (C=O) groups is 3. The normalized spacial score (nSPS) is 11.7. The molecule has 0 aliphatic heterocycles. The molecule has 1 atom stereocenters. The van der Waals surface area contributed by atoms with Gasteiger partial charge in [0, 0.05) is 17.1 Å². The number of hydrogen-bond acceptors (Lipinski definition) is 4. The molecule has 7 heteroatoms. The Bertz CT molecular complexity index is 587. The molecule has 25 heavy (non-hydrogen) atoms. The van der Waals surface area contributed by atoms with Crippen LogP contribution in [0.1, 0.15) is 44.0 Å². The van der Waals surface area contributed by atoms with Crippen LogP contribution in [0.4, 0.5) is 0 Å². The first kappa shape index (κ1) is 21.0. The Balaban J connectivity index is 2.66. The summed E-state index contributed by atoms with van der Waals surface area (Å²) >= 11 is 5.80. The summed E-state index contributed by atoms with van der Waals surface area (Å²) in [6, 6.07) is 5.54. The van der Waals surface area contributed by atoms with E-state index in [9.17, 15) is 14.4 Å². The number of esters is 1. The summed E-state index contributed by atoms with van der Waals surface area (Å²) in [5.74, 6) is -1.21. The highest BCUT2D eigenvalue weighted by molar-refractivity contribution is 6.30. The summed E-state index contributed by atoms with van der Waals surface area (Å²) in [5, 5.41) is 5.81. The summed E-state index contributed by atoms with van der Waals surface area (Å²) < 4.78 is 5.03. The molecule has 0 unspecified atom stereocenters. The van der Waals surface area contributed by atoms with Gasteiger partial charge < -0.3 is 15.4 Å². The number of benzene rings is 1. The monoisotopic (exact) mass is 368 g/mol. The molecule has 1 aromatic carbocycles. The largest absolute Gasteiger partial charge is 0.454 e. The molecule has 1 rings (SSSR count). The molecule has 0 spiro atoms. The van der Waals surface area contributed by atoms with Crippen LogP contribution < -0.4 is 10.6 Å². The number of carbonyl (C=O) groups excluding carboxylic acids is 3. The van der Waals surface area contributed by atoms with Crippen molar-refractivity contribution < 1.29 is 19.1 Å². The highest BCUT2D eigenvalue weighted by atomic mass is 35.5. The van der Waals surface area contributed by atoms with Crippen LogP contribution in [0.25, 0.3) is 0 Å². The second kappa shape index (κ2) is 10.7. The minimum Gasteiger partial charge on any atom is -0.454 e. The molecule has 0 aromatic heterocycles. The summed E-state index contributed by atoms with van der Waals surface area (Å²) in [6.45, 7) is 5.96. The lowest BCUT2D eigenvalue weighted by molar-refractivity contribution is -0.150. The van der Waals surface area contributed by atoms with Gasteiger partial charge in [0.2, 0.25) is 0 Å². The van der Waals surface area contributed by atoms with Crippen LogP contribution in [0, 0.1) is 5.92 Å². The average molecular weight is 369 g/mol. The maximum absolute atomic E-state index is 12.3. The fourth-order valence-corrected chi connectivity index (χ4v) is 2.21. The minimum atomic E-state index is -0.817. The van der Waals surface area contributed by atoms with Crippen molar-refractivity contribution in [2.75, 3.05) is 13.2 Å². The van der Waals surface area contributed by atoms with Crippen LogP contribution in [0.3, 0.4) is 0 Å². The number of rotatable bonds is 9. The predicted octanol–water partition coefficient (Wildman–Crippen LogP) is 2.55. The van der Waals surface area contributed by atoms with E-state index < -0.39 is 17.9 Å². The van der Waals surface area contributed by atoms with E-state index in [4.69, 9.17) is 16.3 Å². The van der Waals surface area contributed by atoms with E-state index in [2.05, 4.69) is 10.6 Å². The summed E-state index contributed by atoms with van der Waals surface area (Å²) in [5.41, 5.74) is 0.395. The first-order chi connectivity index (χ1) is 11.8. The summed E-state index contributed by atoms with van der Waals surface area (Å²) in [6.07, 6.45) is 1.21. The van der Waals surface area contributed by atoms with Crippen molar-refractivity contribution in [2.24, 2.45) is 5.92 Å². The first-order valence-electron chi connectivity index (χ1n) is 8.33. The summed E-state index contributed by atoms with van der Waals surface area (Å²) in [7, 11) is 0. The Morgan fingerprint density at radius 3 is 2.36 bits per heavy atom. The molecule has 1 aromatic rings. The van der Waals surface area contributed by atoms with Crippen LogP contribution in [0.15, 0.2) is 24.3 Å². The molecule has 0 aliphatic rings. The zero-order valence-electron chi connectivity index (χ0n) is 14.8. The molecule has 0 saturated carbocycles. The Labute approximate surface area is 153 Å². The molecule has 0 fully saturated rings. The molecule has 2 amide bonds. The van der Waals surface area contributed by atoms with Crippen molar-refractivity contribution in [2.45, 2.75) is 39.7 Å². The molecule has 0 heterocycles. The number of hydrogen-bond donors (Lipinski definition) is 2. The van der Waals surface area contributed by atoms with Crippen LogP contribution in [-0.4, -0.2) is 37.0 Å². The predicted molar refractivity (Wildman–Crippen MR) is 96.4 cm³/mol. The van der Waals surface area contributed by atoms with Crippen molar-refractivity contribution in [3.63, 3.8) is 0 Å². The van der Waals surface area contributed by atoms with E-state index >= 15 is 0 Å². The van der Waals surface area contributed by atoms with Gasteiger partial charge >= 0.3 is 5.97 Å². The Hall–Kier alpha value is -2.08. The third-order valence-electron chi connectivity index (χ3n) is 3.32. The fraction of sp³-hybridized carbons (Fsp3) is 0.500. The maximum Gasteiger partial charge on any atom is 0.329 e. The van der Waals surface area contributed by atoms with Gasteiger partial charge in [0.1, 0.15) is 6.04 Å². The van der Waals surface area contributed by atoms with E-state index in [0.29, 0.717) is 23.6 Å². The molecule has 0 aliphatic carbocycles. The van der Waals surface area contributed by atoms with Crippen LogP contribution in [0.5, 0.6) is 0 Å². The minimum absolute atomic E-state index is 0.164. The van der Waals surface area contributed by atoms with Gasteiger partial charge in [0.15, 0.2) is 6.61 Å². The lowest BCUT2D eigenvalue weighted by Crippen LogP contribution is -2.43. The number of nitrogens with one attached hydrogen (secondary N) is 2.